The number of hydrogen-bond acceptors (Lipinski definition) is 8. The number of nitrogens with one attached hydrogen (secondary N) is 2. The third-order valence-electron chi connectivity index (χ3n) is 3.54. The van der Waals surface area contributed by atoms with Gasteiger partial charge in [-0.3, -0.25) is 0 Å². The maximum absolute atomic E-state index is 5.16. The second-order valence-electron chi connectivity index (χ2n) is 5.25. The molecule has 2 N–H and O–H groups in total. The van der Waals surface area contributed by atoms with E-state index in [2.05, 4.69) is 30.6 Å². The largest absolute Gasteiger partial charge is 0.497 e. The third kappa shape index (κ3) is 4.30. The zero-order valence-corrected chi connectivity index (χ0v) is 14.2. The second-order valence-corrected chi connectivity index (χ2v) is 5.25. The molecule has 130 valence electrons. The van der Waals surface area contributed by atoms with Gasteiger partial charge in [-0.2, -0.15) is 9.97 Å². The van der Waals surface area contributed by atoms with Crippen LogP contribution in [0.3, 0.4) is 0 Å². The fraction of sp³-hybridized carbons (Fsp3) is 0.294. The van der Waals surface area contributed by atoms with Gasteiger partial charge in [0.25, 0.3) is 0 Å². The van der Waals surface area contributed by atoms with Crippen LogP contribution in [0.15, 0.2) is 36.7 Å². The number of rotatable bonds is 8. The molecule has 0 atom stereocenters. The maximum atomic E-state index is 5.16. The molecule has 0 saturated heterocycles. The fourth-order valence-corrected chi connectivity index (χ4v) is 2.26. The predicted octanol–water partition coefficient (Wildman–Crippen LogP) is 2.10. The van der Waals surface area contributed by atoms with Crippen molar-refractivity contribution in [3.63, 3.8) is 0 Å². The standard InChI is InChI=1S/C17H20N6O2/c1-24-10-9-20-16-14-15(19-8-7-18-14)22-17(23-16)21-11-12-3-5-13(25-2)6-4-12/h3-8H,9-11H2,1-2H3,(H2,19,20,21,22,23). The first-order valence-electron chi connectivity index (χ1n) is 7.88. The van der Waals surface area contributed by atoms with E-state index in [0.29, 0.717) is 42.6 Å². The number of ether oxygens (including phenoxy) is 2. The summed E-state index contributed by atoms with van der Waals surface area (Å²) < 4.78 is 10.2. The summed E-state index contributed by atoms with van der Waals surface area (Å²) in [5.41, 5.74) is 2.26. The van der Waals surface area contributed by atoms with Crippen molar-refractivity contribution < 1.29 is 9.47 Å². The zero-order chi connectivity index (χ0) is 17.5. The summed E-state index contributed by atoms with van der Waals surface area (Å²) in [6, 6.07) is 7.82. The third-order valence-corrected chi connectivity index (χ3v) is 3.54. The Kier molecular flexibility index (Phi) is 5.53. The van der Waals surface area contributed by atoms with Crippen LogP contribution in [-0.4, -0.2) is 47.3 Å². The first kappa shape index (κ1) is 16.8. The lowest BCUT2D eigenvalue weighted by molar-refractivity contribution is 0.210. The minimum Gasteiger partial charge on any atom is -0.497 e. The summed E-state index contributed by atoms with van der Waals surface area (Å²) in [7, 11) is 3.30. The van der Waals surface area contributed by atoms with Gasteiger partial charge in [-0.15, -0.1) is 0 Å². The first-order chi connectivity index (χ1) is 12.3. The van der Waals surface area contributed by atoms with E-state index in [0.717, 1.165) is 11.3 Å². The predicted molar refractivity (Wildman–Crippen MR) is 95.8 cm³/mol. The van der Waals surface area contributed by atoms with E-state index in [1.807, 2.05) is 24.3 Å². The van der Waals surface area contributed by atoms with Gasteiger partial charge in [0.05, 0.1) is 13.7 Å². The van der Waals surface area contributed by atoms with Crippen LogP contribution in [0.5, 0.6) is 5.75 Å². The molecule has 2 aromatic heterocycles. The van der Waals surface area contributed by atoms with Crippen molar-refractivity contribution in [3.8, 4) is 5.75 Å². The number of anilines is 2. The molecule has 25 heavy (non-hydrogen) atoms. The lowest BCUT2D eigenvalue weighted by atomic mass is 10.2. The molecule has 0 fully saturated rings. The molecule has 0 spiro atoms. The van der Waals surface area contributed by atoms with Crippen LogP contribution >= 0.6 is 0 Å². The van der Waals surface area contributed by atoms with E-state index in [9.17, 15) is 0 Å². The number of fused-ring (bicyclic) bond motifs is 1. The van der Waals surface area contributed by atoms with Crippen LogP contribution in [0.25, 0.3) is 11.2 Å². The minimum atomic E-state index is 0.490. The SMILES string of the molecule is COCCNc1nc(NCc2ccc(OC)cc2)nc2nccnc12. The zero-order valence-electron chi connectivity index (χ0n) is 14.2. The van der Waals surface area contributed by atoms with Crippen LogP contribution in [-0.2, 0) is 11.3 Å². The van der Waals surface area contributed by atoms with Crippen LogP contribution in [0.4, 0.5) is 11.8 Å². The molecule has 1 aromatic carbocycles. The molecule has 0 amide bonds. The number of benzene rings is 1. The van der Waals surface area contributed by atoms with Crippen LogP contribution in [0.1, 0.15) is 5.56 Å². The van der Waals surface area contributed by atoms with Gasteiger partial charge in [0.15, 0.2) is 17.0 Å². The van der Waals surface area contributed by atoms with Crippen molar-refractivity contribution in [2.75, 3.05) is 38.0 Å². The molecule has 0 saturated carbocycles. The molecule has 0 aliphatic carbocycles. The van der Waals surface area contributed by atoms with E-state index < -0.39 is 0 Å². The van der Waals surface area contributed by atoms with Crippen LogP contribution < -0.4 is 15.4 Å². The van der Waals surface area contributed by atoms with Gasteiger partial charge in [0.2, 0.25) is 5.95 Å². The Morgan fingerprint density at radius 3 is 2.52 bits per heavy atom. The van der Waals surface area contributed by atoms with Crippen molar-refractivity contribution in [1.82, 2.24) is 19.9 Å². The number of hydrogen-bond donors (Lipinski definition) is 2. The molecular formula is C17H20N6O2. The molecule has 3 rings (SSSR count). The summed E-state index contributed by atoms with van der Waals surface area (Å²) in [5, 5.41) is 6.43. The quantitative estimate of drug-likeness (QED) is 0.602. The highest BCUT2D eigenvalue weighted by Gasteiger charge is 2.09. The van der Waals surface area contributed by atoms with E-state index in [1.54, 1.807) is 26.6 Å². The number of aromatic nitrogens is 4. The van der Waals surface area contributed by atoms with Gasteiger partial charge in [0, 0.05) is 32.6 Å². The molecule has 0 aliphatic heterocycles. The molecule has 0 bridgehead atoms. The van der Waals surface area contributed by atoms with Gasteiger partial charge in [-0.1, -0.05) is 12.1 Å². The van der Waals surface area contributed by atoms with Gasteiger partial charge in [0.1, 0.15) is 5.75 Å². The van der Waals surface area contributed by atoms with Crippen molar-refractivity contribution in [2.45, 2.75) is 6.54 Å². The van der Waals surface area contributed by atoms with Gasteiger partial charge in [-0.25, -0.2) is 9.97 Å². The Labute approximate surface area is 145 Å². The minimum absolute atomic E-state index is 0.490. The topological polar surface area (TPSA) is 94.1 Å². The Morgan fingerprint density at radius 1 is 0.960 bits per heavy atom. The van der Waals surface area contributed by atoms with Gasteiger partial charge >= 0.3 is 0 Å². The maximum Gasteiger partial charge on any atom is 0.227 e. The molecule has 0 aliphatic rings. The molecule has 8 nitrogen and oxygen atoms in total. The number of nitrogens with zero attached hydrogens (tertiary/aromatic N) is 4. The lowest BCUT2D eigenvalue weighted by Gasteiger charge is -2.10. The highest BCUT2D eigenvalue weighted by molar-refractivity contribution is 5.83. The average Bonchev–Trinajstić information content (AvgIpc) is 2.67. The normalized spacial score (nSPS) is 10.6. The summed E-state index contributed by atoms with van der Waals surface area (Å²) >= 11 is 0. The highest BCUT2D eigenvalue weighted by Crippen LogP contribution is 2.18. The average molecular weight is 340 g/mol. The summed E-state index contributed by atoms with van der Waals surface area (Å²) in [5.74, 6) is 1.95. The van der Waals surface area contributed by atoms with Crippen LogP contribution in [0, 0.1) is 0 Å². The Bertz CT molecular complexity index is 825. The Balaban J connectivity index is 1.77. The van der Waals surface area contributed by atoms with Crippen molar-refractivity contribution in [1.29, 1.82) is 0 Å². The van der Waals surface area contributed by atoms with E-state index in [1.165, 1.54) is 0 Å². The molecule has 3 aromatic rings. The highest BCUT2D eigenvalue weighted by atomic mass is 16.5. The summed E-state index contributed by atoms with van der Waals surface area (Å²) in [4.78, 5) is 17.5. The van der Waals surface area contributed by atoms with Gasteiger partial charge in [-0.05, 0) is 17.7 Å². The molecule has 8 heteroatoms. The summed E-state index contributed by atoms with van der Waals surface area (Å²) in [6.07, 6.45) is 3.24. The molecule has 0 unspecified atom stereocenters. The van der Waals surface area contributed by atoms with Crippen molar-refractivity contribution in [3.05, 3.63) is 42.2 Å². The van der Waals surface area contributed by atoms with E-state index in [-0.39, 0.29) is 0 Å². The van der Waals surface area contributed by atoms with Gasteiger partial charge < -0.3 is 20.1 Å². The fourth-order valence-electron chi connectivity index (χ4n) is 2.26. The lowest BCUT2D eigenvalue weighted by Crippen LogP contribution is -2.12. The summed E-state index contributed by atoms with van der Waals surface area (Å²) in [6.45, 7) is 1.78. The van der Waals surface area contributed by atoms with Crippen LogP contribution in [0.2, 0.25) is 0 Å². The Hall–Kier alpha value is -3.00. The van der Waals surface area contributed by atoms with E-state index in [4.69, 9.17) is 9.47 Å². The smallest absolute Gasteiger partial charge is 0.227 e. The Morgan fingerprint density at radius 2 is 1.76 bits per heavy atom. The second kappa shape index (κ2) is 8.20. The first-order valence-corrected chi connectivity index (χ1v) is 7.88. The van der Waals surface area contributed by atoms with Crippen molar-refractivity contribution >= 4 is 22.9 Å². The molecule has 0 radical (unpaired) electrons. The molecule has 2 heterocycles. The van der Waals surface area contributed by atoms with E-state index >= 15 is 0 Å². The monoisotopic (exact) mass is 340 g/mol. The number of methoxy groups -OCH3 is 2. The van der Waals surface area contributed by atoms with Crippen molar-refractivity contribution in [2.24, 2.45) is 0 Å². The molecular weight excluding hydrogens is 320 g/mol.